The molecule has 0 radical (unpaired) electrons. The molecule has 2 atom stereocenters. The van der Waals surface area contributed by atoms with Crippen LogP contribution in [-0.4, -0.2) is 18.8 Å². The topological polar surface area (TPSA) is 21.3 Å². The fraction of sp³-hybridized carbons (Fsp3) is 0.667. The van der Waals surface area contributed by atoms with Crippen molar-refractivity contribution in [1.29, 1.82) is 0 Å². The molecule has 1 aromatic rings. The highest BCUT2D eigenvalue weighted by Crippen LogP contribution is 2.42. The summed E-state index contributed by atoms with van der Waals surface area (Å²) in [5.74, 6) is 0.606. The maximum Gasteiger partial charge on any atom is 0.0655 e. The van der Waals surface area contributed by atoms with Crippen molar-refractivity contribution >= 4 is 0 Å². The highest BCUT2D eigenvalue weighted by molar-refractivity contribution is 5.24. The Kier molecular flexibility index (Phi) is 4.87. The van der Waals surface area contributed by atoms with Crippen molar-refractivity contribution in [2.75, 3.05) is 6.61 Å². The van der Waals surface area contributed by atoms with Gasteiger partial charge in [-0.15, -0.1) is 0 Å². The van der Waals surface area contributed by atoms with Crippen LogP contribution in [0, 0.1) is 5.41 Å². The molecule has 20 heavy (non-hydrogen) atoms. The highest BCUT2D eigenvalue weighted by atomic mass is 16.5. The number of ether oxygens (including phenoxy) is 1. The third-order valence-electron chi connectivity index (χ3n) is 4.74. The number of benzene rings is 1. The van der Waals surface area contributed by atoms with Crippen LogP contribution in [0.1, 0.15) is 58.1 Å². The van der Waals surface area contributed by atoms with Crippen molar-refractivity contribution in [3.8, 4) is 0 Å². The van der Waals surface area contributed by atoms with Crippen LogP contribution in [0.4, 0.5) is 0 Å². The SMILES string of the molecule is CCOC1CC(NCc2ccc(C(C)C)cc2)C1(C)C. The monoisotopic (exact) mass is 275 g/mol. The molecular weight excluding hydrogens is 246 g/mol. The summed E-state index contributed by atoms with van der Waals surface area (Å²) in [6.45, 7) is 12.9. The van der Waals surface area contributed by atoms with Gasteiger partial charge in [0.25, 0.3) is 0 Å². The Morgan fingerprint density at radius 2 is 1.90 bits per heavy atom. The van der Waals surface area contributed by atoms with Crippen molar-refractivity contribution in [1.82, 2.24) is 5.32 Å². The van der Waals surface area contributed by atoms with Gasteiger partial charge in [0, 0.05) is 24.6 Å². The van der Waals surface area contributed by atoms with Crippen LogP contribution in [0.5, 0.6) is 0 Å². The van der Waals surface area contributed by atoms with Gasteiger partial charge in [0.2, 0.25) is 0 Å². The largest absolute Gasteiger partial charge is 0.378 e. The predicted octanol–water partition coefficient (Wildman–Crippen LogP) is 4.10. The van der Waals surface area contributed by atoms with Gasteiger partial charge in [-0.2, -0.15) is 0 Å². The second kappa shape index (κ2) is 6.28. The summed E-state index contributed by atoms with van der Waals surface area (Å²) in [6, 6.07) is 9.54. The lowest BCUT2D eigenvalue weighted by Crippen LogP contribution is -2.60. The lowest BCUT2D eigenvalue weighted by atomic mass is 9.64. The standard InChI is InChI=1S/C18H29NO/c1-6-20-17-11-16(18(17,4)5)19-12-14-7-9-15(10-8-14)13(2)3/h7-10,13,16-17,19H,6,11-12H2,1-5H3. The van der Waals surface area contributed by atoms with Gasteiger partial charge in [0.15, 0.2) is 0 Å². The third-order valence-corrected chi connectivity index (χ3v) is 4.74. The molecule has 1 aliphatic carbocycles. The fourth-order valence-electron chi connectivity index (χ4n) is 2.98. The van der Waals surface area contributed by atoms with E-state index in [-0.39, 0.29) is 5.41 Å². The van der Waals surface area contributed by atoms with E-state index in [1.54, 1.807) is 0 Å². The lowest BCUT2D eigenvalue weighted by Gasteiger charge is -2.52. The molecule has 0 amide bonds. The molecule has 1 N–H and O–H groups in total. The van der Waals surface area contributed by atoms with Crippen LogP contribution in [0.2, 0.25) is 0 Å². The molecule has 2 rings (SSSR count). The minimum Gasteiger partial charge on any atom is -0.378 e. The Balaban J connectivity index is 1.84. The first kappa shape index (κ1) is 15.5. The normalized spacial score (nSPS) is 24.7. The molecule has 1 aromatic carbocycles. The molecular formula is C18H29NO. The van der Waals surface area contributed by atoms with E-state index in [1.165, 1.54) is 11.1 Å². The first-order chi connectivity index (χ1) is 9.45. The lowest BCUT2D eigenvalue weighted by molar-refractivity contribution is -0.114. The van der Waals surface area contributed by atoms with E-state index in [9.17, 15) is 0 Å². The van der Waals surface area contributed by atoms with E-state index < -0.39 is 0 Å². The molecule has 0 aromatic heterocycles. The average Bonchev–Trinajstić information content (AvgIpc) is 2.42. The van der Waals surface area contributed by atoms with Gasteiger partial charge in [-0.1, -0.05) is 52.0 Å². The summed E-state index contributed by atoms with van der Waals surface area (Å²) in [7, 11) is 0. The summed E-state index contributed by atoms with van der Waals surface area (Å²) in [4.78, 5) is 0. The van der Waals surface area contributed by atoms with Gasteiger partial charge in [-0.25, -0.2) is 0 Å². The zero-order valence-corrected chi connectivity index (χ0v) is 13.6. The Morgan fingerprint density at radius 3 is 2.40 bits per heavy atom. The van der Waals surface area contributed by atoms with Crippen molar-refractivity contribution in [2.24, 2.45) is 5.41 Å². The molecule has 2 heteroatoms. The Bertz CT molecular complexity index is 422. The van der Waals surface area contributed by atoms with Gasteiger partial charge in [-0.3, -0.25) is 0 Å². The minimum atomic E-state index is 0.244. The maximum absolute atomic E-state index is 5.78. The highest BCUT2D eigenvalue weighted by Gasteiger charge is 2.48. The van der Waals surface area contributed by atoms with E-state index in [1.807, 2.05) is 0 Å². The van der Waals surface area contributed by atoms with E-state index in [2.05, 4.69) is 64.2 Å². The quantitative estimate of drug-likeness (QED) is 0.844. The maximum atomic E-state index is 5.78. The molecule has 0 aliphatic heterocycles. The smallest absolute Gasteiger partial charge is 0.0655 e. The van der Waals surface area contributed by atoms with Crippen molar-refractivity contribution in [3.05, 3.63) is 35.4 Å². The molecule has 1 fully saturated rings. The zero-order chi connectivity index (χ0) is 14.8. The van der Waals surface area contributed by atoms with Crippen LogP contribution < -0.4 is 5.32 Å². The fourth-order valence-corrected chi connectivity index (χ4v) is 2.98. The van der Waals surface area contributed by atoms with E-state index in [4.69, 9.17) is 4.74 Å². The van der Waals surface area contributed by atoms with Crippen LogP contribution in [0.15, 0.2) is 24.3 Å². The molecule has 1 aliphatic rings. The molecule has 0 heterocycles. The number of rotatable bonds is 6. The molecule has 0 saturated heterocycles. The number of hydrogen-bond donors (Lipinski definition) is 1. The average molecular weight is 275 g/mol. The molecule has 0 spiro atoms. The molecule has 1 saturated carbocycles. The van der Waals surface area contributed by atoms with Gasteiger partial charge in [-0.05, 0) is 30.4 Å². The van der Waals surface area contributed by atoms with Crippen molar-refractivity contribution in [2.45, 2.75) is 65.6 Å². The second-order valence-corrected chi connectivity index (χ2v) is 6.83. The van der Waals surface area contributed by atoms with E-state index in [0.29, 0.717) is 18.1 Å². The zero-order valence-electron chi connectivity index (χ0n) is 13.6. The third kappa shape index (κ3) is 3.24. The summed E-state index contributed by atoms with van der Waals surface area (Å²) < 4.78 is 5.78. The van der Waals surface area contributed by atoms with E-state index in [0.717, 1.165) is 19.6 Å². The predicted molar refractivity (Wildman–Crippen MR) is 85.0 cm³/mol. The first-order valence-corrected chi connectivity index (χ1v) is 7.89. The summed E-state index contributed by atoms with van der Waals surface area (Å²) >= 11 is 0. The van der Waals surface area contributed by atoms with Crippen LogP contribution >= 0.6 is 0 Å². The number of nitrogens with one attached hydrogen (secondary N) is 1. The first-order valence-electron chi connectivity index (χ1n) is 7.89. The van der Waals surface area contributed by atoms with Gasteiger partial charge < -0.3 is 10.1 Å². The summed E-state index contributed by atoms with van der Waals surface area (Å²) in [6.07, 6.45) is 1.54. The number of hydrogen-bond acceptors (Lipinski definition) is 2. The molecule has 2 nitrogen and oxygen atoms in total. The van der Waals surface area contributed by atoms with Crippen LogP contribution in [0.3, 0.4) is 0 Å². The van der Waals surface area contributed by atoms with E-state index >= 15 is 0 Å². The van der Waals surface area contributed by atoms with Gasteiger partial charge in [0.1, 0.15) is 0 Å². The summed E-state index contributed by atoms with van der Waals surface area (Å²) in [5, 5.41) is 3.68. The molecule has 0 bridgehead atoms. The van der Waals surface area contributed by atoms with Gasteiger partial charge in [0.05, 0.1) is 6.10 Å². The Hall–Kier alpha value is -0.860. The van der Waals surface area contributed by atoms with Crippen LogP contribution in [-0.2, 0) is 11.3 Å². The van der Waals surface area contributed by atoms with Crippen molar-refractivity contribution in [3.63, 3.8) is 0 Å². The van der Waals surface area contributed by atoms with Crippen molar-refractivity contribution < 1.29 is 4.74 Å². The molecule has 2 unspecified atom stereocenters. The Morgan fingerprint density at radius 1 is 1.25 bits per heavy atom. The minimum absolute atomic E-state index is 0.244. The van der Waals surface area contributed by atoms with Gasteiger partial charge >= 0.3 is 0 Å². The summed E-state index contributed by atoms with van der Waals surface area (Å²) in [5.41, 5.74) is 3.02. The molecule has 112 valence electrons. The van der Waals surface area contributed by atoms with Crippen LogP contribution in [0.25, 0.3) is 0 Å². The Labute approximate surface area is 123 Å². The second-order valence-electron chi connectivity index (χ2n) is 6.83.